The minimum absolute atomic E-state index is 0. The third-order valence-corrected chi connectivity index (χ3v) is 3.82. The predicted molar refractivity (Wildman–Crippen MR) is 74.7 cm³/mol. The summed E-state index contributed by atoms with van der Waals surface area (Å²) in [5, 5.41) is 9.38. The van der Waals surface area contributed by atoms with Crippen molar-refractivity contribution in [2.75, 3.05) is 7.05 Å². The zero-order chi connectivity index (χ0) is 12.6. The number of hydrogen-bond acceptors (Lipinski definition) is 2. The molecule has 1 aliphatic rings. The molecular weight excluding hydrogens is 418 g/mol. The quantitative estimate of drug-likeness (QED) is 0.422. The monoisotopic (exact) mass is 431 g/mol. The maximum atomic E-state index is 11.9. The van der Waals surface area contributed by atoms with Crippen molar-refractivity contribution in [1.29, 1.82) is 0 Å². The Bertz CT molecular complexity index is 502. The van der Waals surface area contributed by atoms with Gasteiger partial charge in [0.1, 0.15) is 5.75 Å². The largest absolute Gasteiger partial charge is 0.508 e. The molecule has 2 rings (SSSR count). The van der Waals surface area contributed by atoms with Crippen LogP contribution in [0.25, 0.3) is 5.70 Å². The van der Waals surface area contributed by atoms with Crippen molar-refractivity contribution >= 4 is 34.2 Å². The first-order chi connectivity index (χ1) is 8.00. The summed E-state index contributed by atoms with van der Waals surface area (Å²) in [6.45, 7) is 1.91. The van der Waals surface area contributed by atoms with Crippen LogP contribution in [-0.4, -0.2) is 26.9 Å². The van der Waals surface area contributed by atoms with Crippen LogP contribution in [0.4, 0.5) is 0 Å². The first-order valence-corrected chi connectivity index (χ1v) is 6.57. The summed E-state index contributed by atoms with van der Waals surface area (Å²) in [4.78, 5) is 13.5. The van der Waals surface area contributed by atoms with E-state index in [4.69, 9.17) is 0 Å². The molecule has 1 unspecified atom stereocenters. The number of alkyl halides is 1. The van der Waals surface area contributed by atoms with Crippen LogP contribution in [0.3, 0.4) is 0 Å². The van der Waals surface area contributed by atoms with Crippen LogP contribution in [0.15, 0.2) is 18.2 Å². The summed E-state index contributed by atoms with van der Waals surface area (Å²) >= 11 is 2.13. The minimum atomic E-state index is -0.0289. The van der Waals surface area contributed by atoms with E-state index >= 15 is 0 Å². The summed E-state index contributed by atoms with van der Waals surface area (Å²) in [7, 11) is 1.77. The number of hydrogen-bond donors (Lipinski definition) is 1. The molecule has 0 spiro atoms. The Balaban J connectivity index is 0.00000162. The van der Waals surface area contributed by atoms with Gasteiger partial charge in [-0.2, -0.15) is 0 Å². The maximum Gasteiger partial charge on any atom is 0.235 e. The SMILES string of the molecule is Cc1cc(O)ccc1C1=[C-]CC(I)C(=O)N1C.[Y]. The fourth-order valence-corrected chi connectivity index (χ4v) is 2.54. The van der Waals surface area contributed by atoms with Crippen molar-refractivity contribution in [2.24, 2.45) is 0 Å². The number of nitrogens with zero attached hydrogens (tertiary/aromatic N) is 1. The Morgan fingerprint density at radius 3 is 2.78 bits per heavy atom. The molecule has 0 aliphatic carbocycles. The van der Waals surface area contributed by atoms with E-state index in [-0.39, 0.29) is 48.3 Å². The third-order valence-electron chi connectivity index (χ3n) is 2.85. The third kappa shape index (κ3) is 3.14. The van der Waals surface area contributed by atoms with Gasteiger partial charge in [-0.1, -0.05) is 35.9 Å². The van der Waals surface area contributed by atoms with Crippen LogP contribution < -0.4 is 0 Å². The number of carbonyl (C=O) groups is 1. The predicted octanol–water partition coefficient (Wildman–Crippen LogP) is 2.51. The van der Waals surface area contributed by atoms with E-state index in [2.05, 4.69) is 28.7 Å². The molecule has 0 bridgehead atoms. The van der Waals surface area contributed by atoms with Gasteiger partial charge in [0.2, 0.25) is 5.91 Å². The van der Waals surface area contributed by atoms with Gasteiger partial charge < -0.3 is 10.0 Å². The van der Waals surface area contributed by atoms with E-state index in [0.717, 1.165) is 16.8 Å². The molecular formula is C13H13INO2Y-. The van der Waals surface area contributed by atoms with Crippen molar-refractivity contribution in [3.63, 3.8) is 0 Å². The van der Waals surface area contributed by atoms with Crippen LogP contribution in [-0.2, 0) is 37.5 Å². The topological polar surface area (TPSA) is 40.5 Å². The van der Waals surface area contributed by atoms with Gasteiger partial charge in [0.25, 0.3) is 0 Å². The second kappa shape index (κ2) is 6.48. The number of phenolic OH excluding ortho intramolecular Hbond substituents is 1. The number of allylic oxidation sites excluding steroid dienone is 1. The normalized spacial score (nSPS) is 19.3. The number of benzene rings is 1. The van der Waals surface area contributed by atoms with E-state index in [1.54, 1.807) is 24.1 Å². The average Bonchev–Trinajstić information content (AvgIpc) is 2.28. The van der Waals surface area contributed by atoms with Crippen molar-refractivity contribution < 1.29 is 42.6 Å². The van der Waals surface area contributed by atoms with Gasteiger partial charge in [-0.3, -0.25) is 4.79 Å². The molecule has 5 heteroatoms. The Morgan fingerprint density at radius 1 is 1.50 bits per heavy atom. The van der Waals surface area contributed by atoms with E-state index in [1.165, 1.54) is 0 Å². The van der Waals surface area contributed by atoms with Gasteiger partial charge in [0.15, 0.2) is 0 Å². The van der Waals surface area contributed by atoms with E-state index in [9.17, 15) is 9.90 Å². The molecule has 0 fully saturated rings. The molecule has 93 valence electrons. The van der Waals surface area contributed by atoms with E-state index < -0.39 is 0 Å². The fraction of sp³-hybridized carbons (Fsp3) is 0.308. The van der Waals surface area contributed by atoms with Crippen molar-refractivity contribution in [2.45, 2.75) is 17.3 Å². The number of phenols is 1. The molecule has 0 saturated heterocycles. The van der Waals surface area contributed by atoms with Crippen molar-refractivity contribution in [3.8, 4) is 5.75 Å². The van der Waals surface area contributed by atoms with Crippen LogP contribution in [0.1, 0.15) is 17.5 Å². The second-order valence-corrected chi connectivity index (χ2v) is 5.60. The number of halogens is 1. The number of aromatic hydroxyl groups is 1. The molecule has 18 heavy (non-hydrogen) atoms. The summed E-state index contributed by atoms with van der Waals surface area (Å²) in [5.74, 6) is 0.343. The smallest absolute Gasteiger partial charge is 0.235 e. The van der Waals surface area contributed by atoms with Gasteiger partial charge in [-0.05, 0) is 12.1 Å². The minimum Gasteiger partial charge on any atom is -0.508 e. The first kappa shape index (κ1) is 16.1. The number of rotatable bonds is 1. The Labute approximate surface area is 146 Å². The van der Waals surface area contributed by atoms with Crippen LogP contribution in [0, 0.1) is 13.0 Å². The van der Waals surface area contributed by atoms with Crippen LogP contribution in [0.5, 0.6) is 5.75 Å². The Morgan fingerprint density at radius 2 is 2.17 bits per heavy atom. The molecule has 1 atom stereocenters. The number of amides is 1. The van der Waals surface area contributed by atoms with Crippen LogP contribution in [0.2, 0.25) is 0 Å². The molecule has 0 saturated carbocycles. The van der Waals surface area contributed by atoms with Gasteiger partial charge in [-0.25, -0.2) is 6.08 Å². The second-order valence-electron chi connectivity index (χ2n) is 4.09. The number of carbonyl (C=O) groups excluding carboxylic acids is 1. The van der Waals surface area contributed by atoms with Gasteiger partial charge in [-0.15, -0.1) is 22.9 Å². The molecule has 0 aromatic heterocycles. The molecule has 1 aromatic carbocycles. The molecule has 1 aromatic rings. The average molecular weight is 431 g/mol. The summed E-state index contributed by atoms with van der Waals surface area (Å²) in [6, 6.07) is 5.15. The van der Waals surface area contributed by atoms with E-state index in [0.29, 0.717) is 6.42 Å². The zero-order valence-corrected chi connectivity index (χ0v) is 15.3. The fourth-order valence-electron chi connectivity index (χ4n) is 1.90. The summed E-state index contributed by atoms with van der Waals surface area (Å²) in [5.41, 5.74) is 2.70. The standard InChI is InChI=1S/C13H13INO2.Y/c1-8-7-9(16)3-4-10(8)12-6-5-11(14)13(17)15(12)2;/h3-4,7,11,16H,5H2,1-2H3;/q-1;. The van der Waals surface area contributed by atoms with Crippen molar-refractivity contribution in [3.05, 3.63) is 35.4 Å². The number of aryl methyl sites for hydroxylation is 1. The van der Waals surface area contributed by atoms with E-state index in [1.807, 2.05) is 13.0 Å². The molecule has 1 radical (unpaired) electrons. The Hall–Kier alpha value is 0.0639. The summed E-state index contributed by atoms with van der Waals surface area (Å²) in [6.07, 6.45) is 3.90. The molecule has 1 N–H and O–H groups in total. The molecule has 3 nitrogen and oxygen atoms in total. The van der Waals surface area contributed by atoms with Crippen LogP contribution >= 0.6 is 22.6 Å². The molecule has 1 aliphatic heterocycles. The van der Waals surface area contributed by atoms with Gasteiger partial charge in [0, 0.05) is 39.8 Å². The summed E-state index contributed by atoms with van der Waals surface area (Å²) < 4.78 is -0.0289. The maximum absolute atomic E-state index is 11.9. The Kier molecular flexibility index (Phi) is 5.80. The molecule has 1 amide bonds. The van der Waals surface area contributed by atoms with Gasteiger partial charge in [0.05, 0.1) is 3.92 Å². The zero-order valence-electron chi connectivity index (χ0n) is 10.3. The molecule has 1 heterocycles. The van der Waals surface area contributed by atoms with Gasteiger partial charge >= 0.3 is 0 Å². The first-order valence-electron chi connectivity index (χ1n) is 5.33. The van der Waals surface area contributed by atoms with Crippen molar-refractivity contribution in [1.82, 2.24) is 4.90 Å².